The molecule has 0 fully saturated rings. The van der Waals surface area contributed by atoms with Crippen molar-refractivity contribution in [3.05, 3.63) is 29.8 Å². The summed E-state index contributed by atoms with van der Waals surface area (Å²) in [6.45, 7) is 0.866. The minimum atomic E-state index is -0.379. The Hall–Kier alpha value is -1.39. The molecule has 16 heavy (non-hydrogen) atoms. The van der Waals surface area contributed by atoms with Gasteiger partial charge in [-0.3, -0.25) is 4.79 Å². The fourth-order valence-electron chi connectivity index (χ4n) is 1.86. The summed E-state index contributed by atoms with van der Waals surface area (Å²) in [6.07, 6.45) is 1.18. The Balaban J connectivity index is 2.09. The van der Waals surface area contributed by atoms with Crippen LogP contribution in [0.5, 0.6) is 0 Å². The number of nitrogens with two attached hydrogens (primary N) is 1. The molecule has 0 radical (unpaired) electrons. The van der Waals surface area contributed by atoms with E-state index in [1.54, 1.807) is 0 Å². The van der Waals surface area contributed by atoms with E-state index < -0.39 is 0 Å². The zero-order valence-electron chi connectivity index (χ0n) is 9.11. The molecule has 0 aromatic heterocycles. The van der Waals surface area contributed by atoms with Gasteiger partial charge < -0.3 is 15.8 Å². The average Bonchev–Trinajstić information content (AvgIpc) is 2.45. The summed E-state index contributed by atoms with van der Waals surface area (Å²) in [6, 6.07) is 7.84. The van der Waals surface area contributed by atoms with Gasteiger partial charge in [-0.15, -0.1) is 0 Å². The highest BCUT2D eigenvalue weighted by Crippen LogP contribution is 2.22. The summed E-state index contributed by atoms with van der Waals surface area (Å²) in [5.41, 5.74) is 7.41. The van der Waals surface area contributed by atoms with E-state index in [1.807, 2.05) is 24.3 Å². The molecule has 1 aliphatic heterocycles. The third-order valence-electron chi connectivity index (χ3n) is 2.68. The summed E-state index contributed by atoms with van der Waals surface area (Å²) in [5, 5.41) is 2.88. The van der Waals surface area contributed by atoms with E-state index in [0.29, 0.717) is 19.6 Å². The van der Waals surface area contributed by atoms with Gasteiger partial charge in [-0.05, 0) is 24.5 Å². The number of ether oxygens (including phenoxy) is 1. The molecule has 2 rings (SSSR count). The molecule has 0 bridgehead atoms. The topological polar surface area (TPSA) is 64.3 Å². The summed E-state index contributed by atoms with van der Waals surface area (Å²) >= 11 is 0. The Morgan fingerprint density at radius 2 is 2.25 bits per heavy atom. The molecular formula is C12H16N2O2. The molecule has 1 unspecified atom stereocenters. The number of hydrogen-bond donors (Lipinski definition) is 2. The van der Waals surface area contributed by atoms with E-state index >= 15 is 0 Å². The molecule has 1 aliphatic rings. The monoisotopic (exact) mass is 220 g/mol. The number of hydrogen-bond acceptors (Lipinski definition) is 3. The fourth-order valence-corrected chi connectivity index (χ4v) is 1.86. The molecule has 0 aliphatic carbocycles. The number of fused-ring (bicyclic) bond motifs is 1. The molecule has 1 heterocycles. The molecule has 86 valence electrons. The first kappa shape index (κ1) is 11.1. The largest absolute Gasteiger partial charge is 0.367 e. The van der Waals surface area contributed by atoms with Gasteiger partial charge in [0.05, 0.1) is 6.61 Å². The van der Waals surface area contributed by atoms with Crippen LogP contribution in [0.1, 0.15) is 12.0 Å². The van der Waals surface area contributed by atoms with E-state index in [0.717, 1.165) is 17.7 Å². The number of nitrogens with one attached hydrogen (secondary N) is 1. The number of aryl methyl sites for hydroxylation is 1. The first-order valence-electron chi connectivity index (χ1n) is 5.51. The molecule has 0 saturated heterocycles. The highest BCUT2D eigenvalue weighted by atomic mass is 16.5. The predicted molar refractivity (Wildman–Crippen MR) is 62.2 cm³/mol. The molecule has 0 spiro atoms. The van der Waals surface area contributed by atoms with Crippen LogP contribution < -0.4 is 11.1 Å². The van der Waals surface area contributed by atoms with Gasteiger partial charge in [-0.1, -0.05) is 18.2 Å². The Morgan fingerprint density at radius 1 is 1.44 bits per heavy atom. The highest BCUT2D eigenvalue weighted by Gasteiger charge is 2.23. The third kappa shape index (κ3) is 2.40. The van der Waals surface area contributed by atoms with Crippen LogP contribution in [-0.2, 0) is 16.0 Å². The van der Waals surface area contributed by atoms with Crippen molar-refractivity contribution in [2.75, 3.05) is 18.5 Å². The second kappa shape index (κ2) is 5.09. The Bertz CT molecular complexity index is 379. The van der Waals surface area contributed by atoms with Gasteiger partial charge in [0.25, 0.3) is 5.91 Å². The zero-order valence-corrected chi connectivity index (χ0v) is 9.11. The van der Waals surface area contributed by atoms with E-state index in [-0.39, 0.29) is 12.0 Å². The van der Waals surface area contributed by atoms with Gasteiger partial charge in [0.15, 0.2) is 0 Å². The van der Waals surface area contributed by atoms with Crippen molar-refractivity contribution >= 4 is 11.6 Å². The van der Waals surface area contributed by atoms with Crippen LogP contribution in [0.25, 0.3) is 0 Å². The number of amides is 1. The lowest BCUT2D eigenvalue weighted by molar-refractivity contribution is -0.127. The number of rotatable bonds is 3. The molecule has 1 atom stereocenters. The lowest BCUT2D eigenvalue weighted by Gasteiger charge is -2.13. The molecule has 0 saturated carbocycles. The maximum atomic E-state index is 11.8. The normalized spacial score (nSPS) is 19.8. The number of carbonyl (C=O) groups excluding carboxylic acids is 1. The summed E-state index contributed by atoms with van der Waals surface area (Å²) < 4.78 is 5.42. The van der Waals surface area contributed by atoms with Crippen molar-refractivity contribution in [2.45, 2.75) is 18.9 Å². The first-order valence-corrected chi connectivity index (χ1v) is 5.51. The zero-order chi connectivity index (χ0) is 11.4. The smallest absolute Gasteiger partial charge is 0.253 e. The minimum absolute atomic E-state index is 0.0709. The molecule has 3 N–H and O–H groups in total. The second-order valence-electron chi connectivity index (χ2n) is 3.83. The molecule has 4 heteroatoms. The van der Waals surface area contributed by atoms with Gasteiger partial charge in [-0.2, -0.15) is 0 Å². The van der Waals surface area contributed by atoms with E-state index in [2.05, 4.69) is 5.32 Å². The molecule has 1 aromatic carbocycles. The van der Waals surface area contributed by atoms with Crippen molar-refractivity contribution in [1.82, 2.24) is 0 Å². The van der Waals surface area contributed by atoms with Gasteiger partial charge in [0.2, 0.25) is 0 Å². The van der Waals surface area contributed by atoms with Crippen molar-refractivity contribution < 1.29 is 9.53 Å². The van der Waals surface area contributed by atoms with Crippen LogP contribution >= 0.6 is 0 Å². The predicted octanol–water partition coefficient (Wildman–Crippen LogP) is 0.915. The summed E-state index contributed by atoms with van der Waals surface area (Å²) in [4.78, 5) is 11.8. The second-order valence-corrected chi connectivity index (χ2v) is 3.83. The van der Waals surface area contributed by atoms with Crippen LogP contribution in [0.4, 0.5) is 5.69 Å². The maximum absolute atomic E-state index is 11.8. The van der Waals surface area contributed by atoms with Crippen LogP contribution in [-0.4, -0.2) is 25.2 Å². The van der Waals surface area contributed by atoms with E-state index in [4.69, 9.17) is 10.5 Å². The van der Waals surface area contributed by atoms with Gasteiger partial charge in [0, 0.05) is 12.2 Å². The first-order chi connectivity index (χ1) is 7.81. The third-order valence-corrected chi connectivity index (χ3v) is 2.68. The SMILES string of the molecule is NCCOC1CCc2ccccc2NC1=O. The van der Waals surface area contributed by atoms with Crippen LogP contribution in [0.15, 0.2) is 24.3 Å². The molecule has 4 nitrogen and oxygen atoms in total. The molecule has 1 aromatic rings. The van der Waals surface area contributed by atoms with Crippen LogP contribution in [0.2, 0.25) is 0 Å². The maximum Gasteiger partial charge on any atom is 0.253 e. The van der Waals surface area contributed by atoms with Crippen molar-refractivity contribution in [3.63, 3.8) is 0 Å². The molecular weight excluding hydrogens is 204 g/mol. The Labute approximate surface area is 94.8 Å². The average molecular weight is 220 g/mol. The quantitative estimate of drug-likeness (QED) is 0.796. The van der Waals surface area contributed by atoms with Gasteiger partial charge >= 0.3 is 0 Å². The Kier molecular flexibility index (Phi) is 3.54. The highest BCUT2D eigenvalue weighted by molar-refractivity contribution is 5.95. The standard InChI is InChI=1S/C12H16N2O2/c13-7-8-16-11-6-5-9-3-1-2-4-10(9)14-12(11)15/h1-4,11H,5-8,13H2,(H,14,15). The van der Waals surface area contributed by atoms with Crippen LogP contribution in [0, 0.1) is 0 Å². The molecule has 1 amide bonds. The lowest BCUT2D eigenvalue weighted by atomic mass is 10.1. The van der Waals surface area contributed by atoms with Crippen molar-refractivity contribution in [3.8, 4) is 0 Å². The van der Waals surface area contributed by atoms with Gasteiger partial charge in [0.1, 0.15) is 6.10 Å². The van der Waals surface area contributed by atoms with E-state index in [9.17, 15) is 4.79 Å². The number of anilines is 1. The fraction of sp³-hybridized carbons (Fsp3) is 0.417. The Morgan fingerprint density at radius 3 is 3.06 bits per heavy atom. The summed E-state index contributed by atoms with van der Waals surface area (Å²) in [5.74, 6) is -0.0709. The van der Waals surface area contributed by atoms with Crippen LogP contribution in [0.3, 0.4) is 0 Å². The van der Waals surface area contributed by atoms with Crippen molar-refractivity contribution in [1.29, 1.82) is 0 Å². The van der Waals surface area contributed by atoms with Crippen molar-refractivity contribution in [2.24, 2.45) is 5.73 Å². The van der Waals surface area contributed by atoms with Gasteiger partial charge in [-0.25, -0.2) is 0 Å². The number of para-hydroxylation sites is 1. The minimum Gasteiger partial charge on any atom is -0.367 e. The number of benzene rings is 1. The van der Waals surface area contributed by atoms with E-state index in [1.165, 1.54) is 0 Å². The summed E-state index contributed by atoms with van der Waals surface area (Å²) in [7, 11) is 0. The lowest BCUT2D eigenvalue weighted by Crippen LogP contribution is -2.30. The number of carbonyl (C=O) groups is 1.